The first kappa shape index (κ1) is 34.0. The summed E-state index contributed by atoms with van der Waals surface area (Å²) in [5.74, 6) is 0. The Labute approximate surface area is 315 Å². The lowest BCUT2D eigenvalue weighted by atomic mass is 9.30. The third-order valence-corrected chi connectivity index (χ3v) is 13.8. The molecule has 0 aliphatic carbocycles. The summed E-state index contributed by atoms with van der Waals surface area (Å²) in [4.78, 5) is 0. The van der Waals surface area contributed by atoms with Crippen LogP contribution in [0.2, 0.25) is 0 Å². The molecule has 0 spiro atoms. The Balaban J connectivity index is 1.48. The smallest absolute Gasteiger partial charge is 0.247 e. The van der Waals surface area contributed by atoms with Gasteiger partial charge in [0.1, 0.15) is 0 Å². The fourth-order valence-electron chi connectivity index (χ4n) is 9.33. The number of hydrogen-bond donors (Lipinski definition) is 0. The van der Waals surface area contributed by atoms with E-state index in [-0.39, 0.29) is 33.8 Å². The Morgan fingerprint density at radius 1 is 0.500 bits per heavy atom. The molecule has 2 aliphatic rings. The van der Waals surface area contributed by atoms with E-state index in [2.05, 4.69) is 174 Å². The minimum absolute atomic E-state index is 0.00753. The molecule has 2 aliphatic heterocycles. The van der Waals surface area contributed by atoms with E-state index in [0.717, 1.165) is 0 Å². The van der Waals surface area contributed by atoms with Gasteiger partial charge >= 0.3 is 0 Å². The van der Waals surface area contributed by atoms with Crippen LogP contribution < -0.4 is 16.4 Å². The van der Waals surface area contributed by atoms with Crippen molar-refractivity contribution in [3.05, 3.63) is 106 Å². The fourth-order valence-corrected chi connectivity index (χ4v) is 10.4. The zero-order valence-electron chi connectivity index (χ0n) is 33.9. The maximum absolute atomic E-state index is 2.67. The molecule has 3 heteroatoms. The highest BCUT2D eigenvalue weighted by Crippen LogP contribution is 2.46. The van der Waals surface area contributed by atoms with E-state index in [0.29, 0.717) is 0 Å². The molecule has 2 aromatic heterocycles. The van der Waals surface area contributed by atoms with Crippen LogP contribution in [-0.4, -0.2) is 11.3 Å². The van der Waals surface area contributed by atoms with E-state index in [1.54, 1.807) is 0 Å². The predicted octanol–water partition coefficient (Wildman–Crippen LogP) is 11.8. The molecule has 0 amide bonds. The molecule has 0 atom stereocenters. The summed E-state index contributed by atoms with van der Waals surface area (Å²) >= 11 is 1.96. The molecular formula is C49H54BNS. The number of aromatic nitrogens is 1. The van der Waals surface area contributed by atoms with Crippen LogP contribution in [0.4, 0.5) is 0 Å². The van der Waals surface area contributed by atoms with Crippen LogP contribution in [0.5, 0.6) is 0 Å². The molecule has 1 nitrogen and oxygen atoms in total. The summed E-state index contributed by atoms with van der Waals surface area (Å²) < 4.78 is 5.45. The molecule has 264 valence electrons. The van der Waals surface area contributed by atoms with Crippen molar-refractivity contribution >= 4 is 76.4 Å². The second-order valence-corrected chi connectivity index (χ2v) is 21.9. The number of benzene rings is 5. The normalized spacial score (nSPS) is 15.6. The van der Waals surface area contributed by atoms with Crippen LogP contribution >= 0.6 is 11.3 Å². The van der Waals surface area contributed by atoms with Gasteiger partial charge in [-0.2, -0.15) is 0 Å². The van der Waals surface area contributed by atoms with Crippen molar-refractivity contribution in [2.24, 2.45) is 0 Å². The molecule has 0 fully saturated rings. The average Bonchev–Trinajstić information content (AvgIpc) is 3.57. The van der Waals surface area contributed by atoms with Crippen molar-refractivity contribution in [2.45, 2.75) is 124 Å². The second kappa shape index (κ2) is 10.2. The number of hydrogen-bond acceptors (Lipinski definition) is 1. The maximum Gasteiger partial charge on any atom is 0.247 e. The van der Waals surface area contributed by atoms with Gasteiger partial charge in [-0.3, -0.25) is 0 Å². The lowest BCUT2D eigenvalue weighted by molar-refractivity contribution is 0.582. The Morgan fingerprint density at radius 2 is 1.06 bits per heavy atom. The highest BCUT2D eigenvalue weighted by atomic mass is 32.1. The number of nitrogens with zero attached hydrogens (tertiary/aromatic N) is 1. The molecule has 0 bridgehead atoms. The summed E-state index contributed by atoms with van der Waals surface area (Å²) in [5, 5.41) is 5.56. The molecule has 4 heterocycles. The van der Waals surface area contributed by atoms with Crippen LogP contribution in [-0.2, 0) is 27.1 Å². The third-order valence-electron chi connectivity index (χ3n) is 12.7. The van der Waals surface area contributed by atoms with Gasteiger partial charge in [-0.1, -0.05) is 133 Å². The Hall–Kier alpha value is -3.82. The minimum Gasteiger partial charge on any atom is -0.310 e. The van der Waals surface area contributed by atoms with Gasteiger partial charge in [0.2, 0.25) is 6.71 Å². The van der Waals surface area contributed by atoms with Gasteiger partial charge in [0.05, 0.1) is 5.52 Å². The predicted molar refractivity (Wildman–Crippen MR) is 232 cm³/mol. The average molecular weight is 700 g/mol. The van der Waals surface area contributed by atoms with Crippen LogP contribution in [0, 0.1) is 0 Å². The highest BCUT2D eigenvalue weighted by molar-refractivity contribution is 7.25. The zero-order chi connectivity index (χ0) is 37.2. The van der Waals surface area contributed by atoms with Crippen molar-refractivity contribution in [3.8, 4) is 5.69 Å². The Morgan fingerprint density at radius 3 is 1.69 bits per heavy atom. The molecule has 0 saturated heterocycles. The fraction of sp³-hybridized carbons (Fsp3) is 0.388. The Kier molecular flexibility index (Phi) is 6.69. The zero-order valence-corrected chi connectivity index (χ0v) is 34.7. The third kappa shape index (κ3) is 4.66. The van der Waals surface area contributed by atoms with E-state index in [9.17, 15) is 0 Å². The maximum atomic E-state index is 2.67. The van der Waals surface area contributed by atoms with Gasteiger partial charge in [-0.25, -0.2) is 0 Å². The largest absolute Gasteiger partial charge is 0.310 e. The lowest BCUT2D eigenvalue weighted by Crippen LogP contribution is -2.63. The number of fused-ring (bicyclic) bond motifs is 10. The summed E-state index contributed by atoms with van der Waals surface area (Å²) in [7, 11) is 0. The van der Waals surface area contributed by atoms with Crippen molar-refractivity contribution in [3.63, 3.8) is 0 Å². The molecular weight excluding hydrogens is 645 g/mol. The summed E-state index contributed by atoms with van der Waals surface area (Å²) in [6.07, 6.45) is 0. The molecule has 9 rings (SSSR count). The van der Waals surface area contributed by atoms with E-state index in [1.807, 2.05) is 11.3 Å². The van der Waals surface area contributed by atoms with Gasteiger partial charge in [0.15, 0.2) is 0 Å². The molecule has 0 saturated carbocycles. The summed E-state index contributed by atoms with van der Waals surface area (Å²) in [6.45, 7) is 33.4. The monoisotopic (exact) mass is 699 g/mol. The molecule has 52 heavy (non-hydrogen) atoms. The van der Waals surface area contributed by atoms with E-state index >= 15 is 0 Å². The summed E-state index contributed by atoms with van der Waals surface area (Å²) in [5.41, 5.74) is 17.1. The standard InChI is InChI=1S/C49H54BNS/c1-45(2,3)27-15-17-39-31(19-27)34-21-29(47(7,8)9)23-38-44(34)51(39)40-24-30(48(10,11)12)22-36-43(40)50(38)37-25-33-32-20-28(46(4,5)6)16-18-41(32)52-42(33)26-35(37)49(36,13)14/h15-26H,1-14H3. The molecule has 0 unspecified atom stereocenters. The van der Waals surface area contributed by atoms with Crippen molar-refractivity contribution in [2.75, 3.05) is 0 Å². The van der Waals surface area contributed by atoms with Crippen molar-refractivity contribution in [1.29, 1.82) is 0 Å². The van der Waals surface area contributed by atoms with Crippen LogP contribution in [0.15, 0.2) is 72.8 Å². The van der Waals surface area contributed by atoms with E-state index in [1.165, 1.54) is 97.4 Å². The van der Waals surface area contributed by atoms with Gasteiger partial charge in [0, 0.05) is 42.2 Å². The molecule has 0 N–H and O–H groups in total. The first-order valence-corrected chi connectivity index (χ1v) is 20.2. The molecule has 0 radical (unpaired) electrons. The van der Waals surface area contributed by atoms with Crippen molar-refractivity contribution < 1.29 is 0 Å². The van der Waals surface area contributed by atoms with Crippen LogP contribution in [0.1, 0.15) is 130 Å². The first-order valence-electron chi connectivity index (χ1n) is 19.4. The van der Waals surface area contributed by atoms with Gasteiger partial charge < -0.3 is 4.57 Å². The van der Waals surface area contributed by atoms with Gasteiger partial charge in [0.25, 0.3) is 0 Å². The lowest BCUT2D eigenvalue weighted by Gasteiger charge is -2.43. The second-order valence-electron chi connectivity index (χ2n) is 20.8. The van der Waals surface area contributed by atoms with Crippen LogP contribution in [0.25, 0.3) is 47.7 Å². The van der Waals surface area contributed by atoms with Crippen molar-refractivity contribution in [1.82, 2.24) is 4.57 Å². The first-order chi connectivity index (χ1) is 24.0. The van der Waals surface area contributed by atoms with Crippen LogP contribution in [0.3, 0.4) is 0 Å². The number of rotatable bonds is 0. The van der Waals surface area contributed by atoms with E-state index in [4.69, 9.17) is 0 Å². The van der Waals surface area contributed by atoms with E-state index < -0.39 is 0 Å². The quantitative estimate of drug-likeness (QED) is 0.139. The highest BCUT2D eigenvalue weighted by Gasteiger charge is 2.46. The SMILES string of the molecule is CC(C)(C)c1cc2c3c(c1)C(C)(C)c1cc4sc5ccc(C(C)(C)C)cc5c4cc1B3c1cc(C(C)(C)C)cc3c4cc(C(C)(C)C)ccc4n-2c13. The minimum atomic E-state index is -0.168. The summed E-state index contributed by atoms with van der Waals surface area (Å²) in [6, 6.07) is 30.0. The molecule has 5 aromatic carbocycles. The topological polar surface area (TPSA) is 4.93 Å². The van der Waals surface area contributed by atoms with Gasteiger partial charge in [-0.05, 0) is 114 Å². The van der Waals surface area contributed by atoms with Gasteiger partial charge in [-0.15, -0.1) is 11.3 Å². The Bertz CT molecular complexity index is 2680. The number of thiophene rings is 1. The molecule has 7 aromatic rings.